The lowest BCUT2D eigenvalue weighted by atomic mass is 10.1. The number of primary amides is 1. The third-order valence-corrected chi connectivity index (χ3v) is 3.27. The number of halogens is 2. The van der Waals surface area contributed by atoms with Gasteiger partial charge in [-0.15, -0.1) is 0 Å². The van der Waals surface area contributed by atoms with Crippen LogP contribution >= 0.6 is 0 Å². The highest BCUT2D eigenvalue weighted by atomic mass is 19.3. The smallest absolute Gasteiger partial charge is 0.272 e. The molecule has 4 N–H and O–H groups in total. The van der Waals surface area contributed by atoms with Gasteiger partial charge in [0.2, 0.25) is 5.91 Å². The first-order valence-corrected chi connectivity index (χ1v) is 6.98. The van der Waals surface area contributed by atoms with E-state index in [0.29, 0.717) is 11.0 Å². The average molecular weight is 342 g/mol. The molecule has 0 aliphatic rings. The topological polar surface area (TPSA) is 115 Å². The van der Waals surface area contributed by atoms with Crippen molar-refractivity contribution in [3.63, 3.8) is 0 Å². The number of rotatable bonds is 7. The average Bonchev–Trinajstić information content (AvgIpc) is 2.85. The van der Waals surface area contributed by atoms with Crippen molar-refractivity contribution < 1.29 is 32.6 Å². The molecular weight excluding hydrogens is 326 g/mol. The minimum atomic E-state index is -2.63. The number of nitrogens with one attached hydrogen (secondary N) is 1. The van der Waals surface area contributed by atoms with Gasteiger partial charge in [-0.1, -0.05) is 0 Å². The molecule has 9 heteroatoms. The Morgan fingerprint density at radius 3 is 2.71 bits per heavy atom. The number of fused-ring (bicyclic) bond motifs is 1. The van der Waals surface area contributed by atoms with Gasteiger partial charge in [0.1, 0.15) is 29.7 Å². The maximum Gasteiger partial charge on any atom is 0.272 e. The highest BCUT2D eigenvalue weighted by molar-refractivity contribution is 6.08. The van der Waals surface area contributed by atoms with Gasteiger partial charge in [0.05, 0.1) is 12.2 Å². The predicted octanol–water partition coefficient (Wildman–Crippen LogP) is 0.961. The van der Waals surface area contributed by atoms with E-state index in [2.05, 4.69) is 5.32 Å². The number of alkyl halides is 2. The van der Waals surface area contributed by atoms with Gasteiger partial charge in [-0.05, 0) is 25.1 Å². The van der Waals surface area contributed by atoms with Crippen molar-refractivity contribution in [1.29, 1.82) is 0 Å². The molecule has 1 atom stereocenters. The van der Waals surface area contributed by atoms with Gasteiger partial charge in [0, 0.05) is 5.39 Å². The van der Waals surface area contributed by atoms with E-state index in [0.717, 1.165) is 0 Å². The normalized spacial score (nSPS) is 12.4. The Morgan fingerprint density at radius 1 is 1.42 bits per heavy atom. The molecule has 0 saturated heterocycles. The first kappa shape index (κ1) is 17.7. The Kier molecular flexibility index (Phi) is 5.35. The van der Waals surface area contributed by atoms with E-state index < -0.39 is 37.5 Å². The molecule has 1 heterocycles. The predicted molar refractivity (Wildman–Crippen MR) is 80.0 cm³/mol. The summed E-state index contributed by atoms with van der Waals surface area (Å²) < 4.78 is 34.8. The maximum absolute atomic E-state index is 12.3. The number of aryl methyl sites for hydroxylation is 1. The molecule has 0 unspecified atom stereocenters. The lowest BCUT2D eigenvalue weighted by Gasteiger charge is -2.12. The molecule has 24 heavy (non-hydrogen) atoms. The van der Waals surface area contributed by atoms with E-state index >= 15 is 0 Å². The first-order chi connectivity index (χ1) is 11.3. The van der Waals surface area contributed by atoms with Gasteiger partial charge in [0.15, 0.2) is 0 Å². The minimum Gasteiger partial charge on any atom is -0.488 e. The van der Waals surface area contributed by atoms with Crippen LogP contribution in [0.1, 0.15) is 16.1 Å². The second-order valence-electron chi connectivity index (χ2n) is 5.00. The zero-order chi connectivity index (χ0) is 17.9. The Hall–Kier alpha value is -2.68. The summed E-state index contributed by atoms with van der Waals surface area (Å²) in [7, 11) is 0. The molecule has 2 amide bonds. The zero-order valence-corrected chi connectivity index (χ0v) is 12.7. The molecule has 0 aliphatic heterocycles. The molecule has 1 aromatic carbocycles. The Morgan fingerprint density at radius 2 is 2.12 bits per heavy atom. The van der Waals surface area contributed by atoms with Gasteiger partial charge in [-0.25, -0.2) is 8.78 Å². The fourth-order valence-corrected chi connectivity index (χ4v) is 2.17. The Bertz CT molecular complexity index is 760. The van der Waals surface area contributed by atoms with Gasteiger partial charge in [0.25, 0.3) is 12.3 Å². The third kappa shape index (κ3) is 3.80. The molecule has 2 rings (SSSR count). The van der Waals surface area contributed by atoms with E-state index in [1.807, 2.05) is 0 Å². The van der Waals surface area contributed by atoms with Gasteiger partial charge < -0.3 is 25.3 Å². The molecule has 0 saturated carbocycles. The molecule has 0 fully saturated rings. The fraction of sp³-hybridized carbons (Fsp3) is 0.333. The number of nitrogens with two attached hydrogens (primary N) is 1. The number of hydrogen-bond donors (Lipinski definition) is 3. The number of benzene rings is 1. The fourth-order valence-electron chi connectivity index (χ4n) is 2.17. The van der Waals surface area contributed by atoms with Gasteiger partial charge in [-0.3, -0.25) is 9.59 Å². The second kappa shape index (κ2) is 7.26. The van der Waals surface area contributed by atoms with Crippen molar-refractivity contribution in [3.8, 4) is 5.75 Å². The summed E-state index contributed by atoms with van der Waals surface area (Å²) in [6, 6.07) is 3.06. The van der Waals surface area contributed by atoms with Crippen molar-refractivity contribution in [2.24, 2.45) is 5.73 Å². The Labute approximate surface area is 135 Å². The number of aliphatic hydroxyl groups is 1. The van der Waals surface area contributed by atoms with Crippen LogP contribution in [-0.4, -0.2) is 42.6 Å². The van der Waals surface area contributed by atoms with Crippen LogP contribution < -0.4 is 15.8 Å². The summed E-state index contributed by atoms with van der Waals surface area (Å²) in [5.41, 5.74) is 5.52. The Balaban J connectivity index is 2.34. The van der Waals surface area contributed by atoms with Crippen LogP contribution in [0.2, 0.25) is 0 Å². The van der Waals surface area contributed by atoms with Crippen LogP contribution in [0.15, 0.2) is 22.6 Å². The number of aliphatic hydroxyl groups excluding tert-OH is 1. The molecule has 0 bridgehead atoms. The van der Waals surface area contributed by atoms with E-state index in [4.69, 9.17) is 20.0 Å². The van der Waals surface area contributed by atoms with E-state index in [1.165, 1.54) is 25.1 Å². The number of amides is 2. The number of furan rings is 1. The van der Waals surface area contributed by atoms with Crippen LogP contribution in [0.3, 0.4) is 0 Å². The van der Waals surface area contributed by atoms with E-state index in [9.17, 15) is 18.4 Å². The molecule has 0 spiro atoms. The summed E-state index contributed by atoms with van der Waals surface area (Å²) in [6.45, 7) is 0.101. The highest BCUT2D eigenvalue weighted by Crippen LogP contribution is 2.29. The van der Waals surface area contributed by atoms with Crippen LogP contribution in [-0.2, 0) is 4.79 Å². The van der Waals surface area contributed by atoms with Crippen molar-refractivity contribution in [1.82, 2.24) is 5.32 Å². The second-order valence-corrected chi connectivity index (χ2v) is 5.00. The van der Waals surface area contributed by atoms with Crippen molar-refractivity contribution in [2.45, 2.75) is 19.4 Å². The number of ether oxygens (including phenoxy) is 1. The summed E-state index contributed by atoms with van der Waals surface area (Å²) in [5, 5.41) is 11.7. The van der Waals surface area contributed by atoms with Crippen molar-refractivity contribution in [3.05, 3.63) is 29.5 Å². The first-order valence-electron chi connectivity index (χ1n) is 6.98. The summed E-state index contributed by atoms with van der Waals surface area (Å²) in [4.78, 5) is 23.5. The van der Waals surface area contributed by atoms with Gasteiger partial charge >= 0.3 is 0 Å². The quantitative estimate of drug-likeness (QED) is 0.693. The lowest BCUT2D eigenvalue weighted by molar-refractivity contribution is -0.120. The molecule has 7 nitrogen and oxygen atoms in total. The van der Waals surface area contributed by atoms with Crippen molar-refractivity contribution >= 4 is 22.8 Å². The van der Waals surface area contributed by atoms with Crippen molar-refractivity contribution in [2.75, 3.05) is 13.2 Å². The zero-order valence-electron chi connectivity index (χ0n) is 12.7. The van der Waals surface area contributed by atoms with E-state index in [1.54, 1.807) is 0 Å². The minimum absolute atomic E-state index is 0.104. The third-order valence-electron chi connectivity index (χ3n) is 3.27. The van der Waals surface area contributed by atoms with Crippen LogP contribution in [0.25, 0.3) is 11.0 Å². The molecule has 2 aromatic rings. The lowest BCUT2D eigenvalue weighted by Crippen LogP contribution is -2.46. The van der Waals surface area contributed by atoms with Crippen LogP contribution in [0, 0.1) is 6.92 Å². The standard InChI is InChI=1S/C15H16F2N2O5/c1-7-13(15(22)19-10(5-20)14(18)21)9-4-8(23-6-12(16)17)2-3-11(9)24-7/h2-4,10,12,20H,5-6H2,1H3,(H2,18,21)(H,19,22)/t10-/m0/s1. The molecule has 1 aromatic heterocycles. The van der Waals surface area contributed by atoms with Gasteiger partial charge in [-0.2, -0.15) is 0 Å². The number of carbonyl (C=O) groups is 2. The summed E-state index contributed by atoms with van der Waals surface area (Å²) >= 11 is 0. The largest absolute Gasteiger partial charge is 0.488 e. The van der Waals surface area contributed by atoms with Crippen LogP contribution in [0.4, 0.5) is 8.78 Å². The van der Waals surface area contributed by atoms with Crippen LogP contribution in [0.5, 0.6) is 5.75 Å². The molecule has 0 aliphatic carbocycles. The molecular formula is C15H16F2N2O5. The monoisotopic (exact) mass is 342 g/mol. The number of hydrogen-bond acceptors (Lipinski definition) is 5. The van der Waals surface area contributed by atoms with E-state index in [-0.39, 0.29) is 17.1 Å². The molecule has 130 valence electrons. The highest BCUT2D eigenvalue weighted by Gasteiger charge is 2.23. The summed E-state index contributed by atoms with van der Waals surface area (Å²) in [5.74, 6) is -1.17. The molecule has 0 radical (unpaired) electrons. The SMILES string of the molecule is Cc1oc2ccc(OCC(F)F)cc2c1C(=O)N[C@@H](CO)C(N)=O. The maximum atomic E-state index is 12.3. The summed E-state index contributed by atoms with van der Waals surface area (Å²) in [6.07, 6.45) is -2.63. The number of carbonyl (C=O) groups excluding carboxylic acids is 2.